The Morgan fingerprint density at radius 1 is 1.32 bits per heavy atom. The quantitative estimate of drug-likeness (QED) is 0.888. The molecule has 1 spiro atoms. The monoisotopic (exact) mass is 348 g/mol. The maximum absolute atomic E-state index is 12.7. The average molecular weight is 348 g/mol. The van der Waals surface area contributed by atoms with Crippen LogP contribution >= 0.6 is 0 Å². The number of piperidine rings is 1. The lowest BCUT2D eigenvalue weighted by atomic mass is 9.74. The van der Waals surface area contributed by atoms with Crippen molar-refractivity contribution in [2.45, 2.75) is 52.1 Å². The molecule has 2 aliphatic heterocycles. The summed E-state index contributed by atoms with van der Waals surface area (Å²) in [4.78, 5) is 28.3. The molecule has 7 nitrogen and oxygen atoms in total. The zero-order chi connectivity index (χ0) is 18.2. The van der Waals surface area contributed by atoms with Gasteiger partial charge in [-0.05, 0) is 38.5 Å². The van der Waals surface area contributed by atoms with Gasteiger partial charge in [0.1, 0.15) is 0 Å². The van der Waals surface area contributed by atoms with E-state index in [4.69, 9.17) is 0 Å². The number of nitrogens with zero attached hydrogens (tertiary/aromatic N) is 4. The minimum atomic E-state index is -0.486. The number of hydrogen-bond acceptors (Lipinski definition) is 4. The number of hydrogen-bond donors (Lipinski definition) is 1. The number of likely N-dealkylation sites (tertiary alicyclic amines) is 2. The van der Waals surface area contributed by atoms with Crippen molar-refractivity contribution >= 4 is 11.8 Å². The van der Waals surface area contributed by atoms with E-state index < -0.39 is 5.54 Å². The molecule has 0 bridgehead atoms. The molecule has 25 heavy (non-hydrogen) atoms. The van der Waals surface area contributed by atoms with Crippen molar-refractivity contribution in [1.82, 2.24) is 19.6 Å². The van der Waals surface area contributed by atoms with Crippen LogP contribution in [0.5, 0.6) is 0 Å². The Kier molecular flexibility index (Phi) is 4.62. The van der Waals surface area contributed by atoms with Crippen molar-refractivity contribution < 1.29 is 14.7 Å². The van der Waals surface area contributed by atoms with Crippen LogP contribution in [-0.2, 0) is 11.3 Å². The molecule has 3 rings (SSSR count). The molecule has 1 aromatic heterocycles. The first-order chi connectivity index (χ1) is 11.8. The van der Waals surface area contributed by atoms with Crippen LogP contribution < -0.4 is 0 Å². The maximum atomic E-state index is 12.7. The van der Waals surface area contributed by atoms with Gasteiger partial charge in [0.25, 0.3) is 5.91 Å². The predicted octanol–water partition coefficient (Wildman–Crippen LogP) is 1.13. The molecule has 0 saturated carbocycles. The second kappa shape index (κ2) is 6.44. The van der Waals surface area contributed by atoms with Gasteiger partial charge in [0.15, 0.2) is 0 Å². The number of aryl methyl sites for hydroxylation is 1. The standard InChI is InChI=1S/C18H28N4O3/c1-4-21-10-15(9-19-21)16(25)20-7-5-18(6-8-20)11-17(3,13-23)22(12-18)14(2)24/h9-10,23H,4-8,11-13H2,1-3H3/t17-/m0/s1. The second-order valence-electron chi connectivity index (χ2n) is 7.81. The molecule has 0 radical (unpaired) electrons. The average Bonchev–Trinajstić information content (AvgIpc) is 3.19. The minimum Gasteiger partial charge on any atom is -0.394 e. The molecule has 3 heterocycles. The Hall–Kier alpha value is -1.89. The van der Waals surface area contributed by atoms with Crippen LogP contribution in [0.15, 0.2) is 12.4 Å². The highest BCUT2D eigenvalue weighted by Gasteiger charge is 2.52. The summed E-state index contributed by atoms with van der Waals surface area (Å²) in [5.74, 6) is 0.0415. The molecular formula is C18H28N4O3. The fourth-order valence-corrected chi connectivity index (χ4v) is 4.47. The number of carbonyl (C=O) groups is 2. The normalized spacial score (nSPS) is 25.6. The van der Waals surface area contributed by atoms with Gasteiger partial charge in [-0.2, -0.15) is 5.10 Å². The molecule has 138 valence electrons. The Balaban J connectivity index is 1.67. The summed E-state index contributed by atoms with van der Waals surface area (Å²) < 4.78 is 1.76. The Morgan fingerprint density at radius 3 is 2.48 bits per heavy atom. The van der Waals surface area contributed by atoms with Crippen molar-refractivity contribution in [2.24, 2.45) is 5.41 Å². The highest BCUT2D eigenvalue weighted by atomic mass is 16.3. The van der Waals surface area contributed by atoms with E-state index in [1.54, 1.807) is 24.0 Å². The number of aliphatic hydroxyl groups is 1. The number of aliphatic hydroxyl groups excluding tert-OH is 1. The molecule has 2 saturated heterocycles. The Morgan fingerprint density at radius 2 is 2.00 bits per heavy atom. The number of aromatic nitrogens is 2. The Bertz CT molecular complexity index is 663. The van der Waals surface area contributed by atoms with Gasteiger partial charge >= 0.3 is 0 Å². The number of rotatable bonds is 3. The molecule has 2 fully saturated rings. The predicted molar refractivity (Wildman–Crippen MR) is 93.0 cm³/mol. The fourth-order valence-electron chi connectivity index (χ4n) is 4.47. The lowest BCUT2D eigenvalue weighted by molar-refractivity contribution is -0.134. The lowest BCUT2D eigenvalue weighted by Gasteiger charge is -2.39. The van der Waals surface area contributed by atoms with Gasteiger partial charge in [-0.1, -0.05) is 0 Å². The van der Waals surface area contributed by atoms with Gasteiger partial charge in [-0.3, -0.25) is 14.3 Å². The third kappa shape index (κ3) is 3.17. The lowest BCUT2D eigenvalue weighted by Crippen LogP contribution is -2.46. The highest BCUT2D eigenvalue weighted by molar-refractivity contribution is 5.93. The number of carbonyl (C=O) groups excluding carboxylic acids is 2. The zero-order valence-electron chi connectivity index (χ0n) is 15.4. The van der Waals surface area contributed by atoms with E-state index >= 15 is 0 Å². The summed E-state index contributed by atoms with van der Waals surface area (Å²) in [6, 6.07) is 0. The smallest absolute Gasteiger partial charge is 0.257 e. The van der Waals surface area contributed by atoms with Gasteiger partial charge < -0.3 is 14.9 Å². The van der Waals surface area contributed by atoms with Crippen LogP contribution in [0.4, 0.5) is 0 Å². The van der Waals surface area contributed by atoms with Crippen LogP contribution in [0.1, 0.15) is 50.4 Å². The molecular weight excluding hydrogens is 320 g/mol. The van der Waals surface area contributed by atoms with Crippen LogP contribution in [0.25, 0.3) is 0 Å². The SMILES string of the molecule is CCn1cc(C(=O)N2CCC3(CC2)CN(C(C)=O)[C@](C)(CO)C3)cn1. The van der Waals surface area contributed by atoms with Crippen LogP contribution in [-0.4, -0.2) is 68.3 Å². The largest absolute Gasteiger partial charge is 0.394 e. The van der Waals surface area contributed by atoms with E-state index in [2.05, 4.69) is 5.10 Å². The van der Waals surface area contributed by atoms with Gasteiger partial charge in [0.2, 0.25) is 5.91 Å². The molecule has 2 amide bonds. The van der Waals surface area contributed by atoms with E-state index in [0.29, 0.717) is 25.2 Å². The molecule has 0 aliphatic carbocycles. The van der Waals surface area contributed by atoms with Crippen molar-refractivity contribution in [3.8, 4) is 0 Å². The molecule has 0 aromatic carbocycles. The zero-order valence-corrected chi connectivity index (χ0v) is 15.4. The molecule has 1 atom stereocenters. The maximum Gasteiger partial charge on any atom is 0.257 e. The van der Waals surface area contributed by atoms with Gasteiger partial charge in [-0.25, -0.2) is 0 Å². The van der Waals surface area contributed by atoms with E-state index in [0.717, 1.165) is 25.8 Å². The fraction of sp³-hybridized carbons (Fsp3) is 0.722. The molecule has 1 N–H and O–H groups in total. The molecule has 1 aromatic rings. The van der Waals surface area contributed by atoms with Crippen molar-refractivity contribution in [3.05, 3.63) is 18.0 Å². The number of amides is 2. The van der Waals surface area contributed by atoms with Crippen LogP contribution in [0.3, 0.4) is 0 Å². The summed E-state index contributed by atoms with van der Waals surface area (Å²) in [6.07, 6.45) is 5.95. The summed E-state index contributed by atoms with van der Waals surface area (Å²) in [5, 5.41) is 14.0. The third-order valence-corrected chi connectivity index (χ3v) is 5.94. The van der Waals surface area contributed by atoms with Gasteiger partial charge in [-0.15, -0.1) is 0 Å². The first kappa shape index (κ1) is 17.9. The molecule has 2 aliphatic rings. The van der Waals surface area contributed by atoms with Crippen molar-refractivity contribution in [1.29, 1.82) is 0 Å². The van der Waals surface area contributed by atoms with E-state index in [1.165, 1.54) is 0 Å². The highest BCUT2D eigenvalue weighted by Crippen LogP contribution is 2.48. The Labute approximate surface area is 148 Å². The third-order valence-electron chi connectivity index (χ3n) is 5.94. The van der Waals surface area contributed by atoms with E-state index in [-0.39, 0.29) is 23.8 Å². The van der Waals surface area contributed by atoms with Crippen molar-refractivity contribution in [3.63, 3.8) is 0 Å². The first-order valence-corrected chi connectivity index (χ1v) is 9.03. The summed E-state index contributed by atoms with van der Waals surface area (Å²) >= 11 is 0. The minimum absolute atomic E-state index is 0.00747. The summed E-state index contributed by atoms with van der Waals surface area (Å²) in [7, 11) is 0. The molecule has 0 unspecified atom stereocenters. The van der Waals surface area contributed by atoms with Crippen LogP contribution in [0.2, 0.25) is 0 Å². The van der Waals surface area contributed by atoms with Gasteiger partial charge in [0, 0.05) is 39.3 Å². The summed E-state index contributed by atoms with van der Waals surface area (Å²) in [5.41, 5.74) is 0.156. The van der Waals surface area contributed by atoms with E-state index in [9.17, 15) is 14.7 Å². The van der Waals surface area contributed by atoms with Crippen molar-refractivity contribution in [2.75, 3.05) is 26.2 Å². The molecule has 7 heteroatoms. The second-order valence-corrected chi connectivity index (χ2v) is 7.81. The van der Waals surface area contributed by atoms with E-state index in [1.807, 2.05) is 23.6 Å². The van der Waals surface area contributed by atoms with Gasteiger partial charge in [0.05, 0.1) is 23.9 Å². The van der Waals surface area contributed by atoms with Crippen LogP contribution in [0, 0.1) is 5.41 Å². The summed E-state index contributed by atoms with van der Waals surface area (Å²) in [6.45, 7) is 8.29. The topological polar surface area (TPSA) is 78.7 Å². The first-order valence-electron chi connectivity index (χ1n) is 9.03.